The normalized spacial score (nSPS) is 26.1. The lowest BCUT2D eigenvalue weighted by Crippen LogP contribution is -2.58. The maximum absolute atomic E-state index is 12.9. The Hall–Kier alpha value is -3.03. The first-order valence-electron chi connectivity index (χ1n) is 9.64. The van der Waals surface area contributed by atoms with E-state index < -0.39 is 49.8 Å². The van der Waals surface area contributed by atoms with Crippen LogP contribution in [0.3, 0.4) is 0 Å². The molecule has 2 aliphatic rings. The van der Waals surface area contributed by atoms with Gasteiger partial charge in [0.1, 0.15) is 16.7 Å². The predicted octanol–water partition coefficient (Wildman–Crippen LogP) is -2.56. The number of carboxylic acid groups (broad SMARTS) is 1. The number of hydrogen-bond donors (Lipinski definition) is 2. The topological polar surface area (TPSA) is 169 Å². The average Bonchev–Trinajstić information content (AvgIpc) is 3.14. The van der Waals surface area contributed by atoms with E-state index in [4.69, 9.17) is 4.74 Å². The second-order valence-corrected chi connectivity index (χ2v) is 10.1. The number of esters is 1. The third kappa shape index (κ3) is 3.98. The number of fused-ring (bicyclic) bond motifs is 1. The molecule has 0 aliphatic carbocycles. The molecule has 170 valence electrons. The number of ether oxygens (including phenoxy) is 1. The van der Waals surface area contributed by atoms with E-state index in [-0.39, 0.29) is 39.1 Å². The molecule has 2 aliphatic heterocycles. The molecule has 2 N–H and O–H groups in total. The Kier molecular flexibility index (Phi) is 6.02. The Morgan fingerprint density at radius 3 is 2.74 bits per heavy atom. The highest BCUT2D eigenvalue weighted by Gasteiger charge is 2.71. The summed E-state index contributed by atoms with van der Waals surface area (Å²) in [5, 5.41) is 15.1. The molecule has 0 spiro atoms. The van der Waals surface area contributed by atoms with Gasteiger partial charge in [0.2, 0.25) is 5.91 Å². The molecule has 13 nitrogen and oxygen atoms in total. The van der Waals surface area contributed by atoms with Crippen molar-refractivity contribution >= 4 is 33.6 Å². The molecule has 2 saturated heterocycles. The van der Waals surface area contributed by atoms with Crippen LogP contribution in [0.1, 0.15) is 26.7 Å². The number of carbonyl (C=O) groups is 4. The van der Waals surface area contributed by atoms with Gasteiger partial charge < -0.3 is 20.1 Å². The zero-order valence-electron chi connectivity index (χ0n) is 17.1. The molecule has 0 aromatic carbocycles. The van der Waals surface area contributed by atoms with Gasteiger partial charge >= 0.3 is 11.9 Å². The SMILES string of the molecule is CCOC(=O)CCNC(=O)C[n+]1ccn(C[C@]2(C)[C@@H](C(=O)O)N3C(=O)C[C@H]3S2(=O)=O)n1. The van der Waals surface area contributed by atoms with Crippen LogP contribution >= 0.6 is 0 Å². The summed E-state index contributed by atoms with van der Waals surface area (Å²) in [5.41, 5.74) is 0. The first-order valence-corrected chi connectivity index (χ1v) is 11.2. The number of carbonyl (C=O) groups excluding carboxylic acids is 3. The molecule has 3 atom stereocenters. The van der Waals surface area contributed by atoms with E-state index in [1.165, 1.54) is 28.7 Å². The minimum Gasteiger partial charge on any atom is -0.480 e. The number of nitrogens with one attached hydrogen (secondary N) is 1. The highest BCUT2D eigenvalue weighted by molar-refractivity contribution is 7.93. The van der Waals surface area contributed by atoms with Crippen molar-refractivity contribution in [1.82, 2.24) is 20.1 Å². The quantitative estimate of drug-likeness (QED) is 0.230. The standard InChI is InChI=1S/C17H23N5O8S/c1-3-30-14(25)4-5-18-11(23)9-20-6-7-21(19-20)10-17(2)15(16(26)27)22-12(24)8-13(22)31(17,28)29/h6-7,13,15H,3-5,8-10H2,1-2H3,(H-,18,23,26,27)/p+1/t13-,15-,17-/m1/s1. The molecule has 1 aromatic rings. The van der Waals surface area contributed by atoms with Gasteiger partial charge in [0, 0.05) is 6.54 Å². The molecular weight excluding hydrogens is 434 g/mol. The van der Waals surface area contributed by atoms with Crippen molar-refractivity contribution in [2.24, 2.45) is 0 Å². The third-order valence-corrected chi connectivity index (χ3v) is 8.19. The van der Waals surface area contributed by atoms with E-state index >= 15 is 0 Å². The number of carboxylic acids is 1. The van der Waals surface area contributed by atoms with Gasteiger partial charge in [0.05, 0.1) is 24.7 Å². The van der Waals surface area contributed by atoms with Crippen LogP contribution in [0, 0.1) is 0 Å². The molecule has 3 heterocycles. The van der Waals surface area contributed by atoms with Gasteiger partial charge in [-0.3, -0.25) is 14.4 Å². The molecule has 0 unspecified atom stereocenters. The van der Waals surface area contributed by atoms with Gasteiger partial charge in [0.25, 0.3) is 5.91 Å². The fourth-order valence-corrected chi connectivity index (χ4v) is 6.24. The molecule has 2 amide bonds. The van der Waals surface area contributed by atoms with Crippen molar-refractivity contribution in [2.75, 3.05) is 13.2 Å². The lowest BCUT2D eigenvalue weighted by atomic mass is 9.96. The fourth-order valence-electron chi connectivity index (χ4n) is 3.88. The monoisotopic (exact) mass is 458 g/mol. The summed E-state index contributed by atoms with van der Waals surface area (Å²) in [5.74, 6) is -2.76. The lowest BCUT2D eigenvalue weighted by Gasteiger charge is -2.35. The molecule has 31 heavy (non-hydrogen) atoms. The van der Waals surface area contributed by atoms with Crippen LogP contribution in [-0.2, 0) is 46.8 Å². The number of hydrogen-bond acceptors (Lipinski definition) is 8. The Bertz CT molecular complexity index is 1020. The summed E-state index contributed by atoms with van der Waals surface area (Å²) >= 11 is 0. The van der Waals surface area contributed by atoms with Crippen LogP contribution < -0.4 is 10.00 Å². The van der Waals surface area contributed by atoms with Gasteiger partial charge in [-0.25, -0.2) is 13.2 Å². The average molecular weight is 458 g/mol. The molecule has 0 saturated carbocycles. The van der Waals surface area contributed by atoms with E-state index in [0.29, 0.717) is 0 Å². The van der Waals surface area contributed by atoms with Gasteiger partial charge in [-0.05, 0) is 13.8 Å². The van der Waals surface area contributed by atoms with E-state index in [1.807, 2.05) is 0 Å². The molecule has 1 aromatic heterocycles. The Morgan fingerprint density at radius 1 is 1.42 bits per heavy atom. The summed E-state index contributed by atoms with van der Waals surface area (Å²) < 4.78 is 31.3. The van der Waals surface area contributed by atoms with E-state index in [1.54, 1.807) is 6.92 Å². The minimum absolute atomic E-state index is 0.0296. The smallest absolute Gasteiger partial charge is 0.328 e. The van der Waals surface area contributed by atoms with E-state index in [9.17, 15) is 32.7 Å². The number of sulfone groups is 1. The van der Waals surface area contributed by atoms with Gasteiger partial charge in [-0.1, -0.05) is 0 Å². The highest BCUT2D eigenvalue weighted by atomic mass is 32.2. The van der Waals surface area contributed by atoms with Crippen molar-refractivity contribution in [1.29, 1.82) is 0 Å². The van der Waals surface area contributed by atoms with E-state index in [2.05, 4.69) is 10.5 Å². The fraction of sp³-hybridized carbons (Fsp3) is 0.647. The van der Waals surface area contributed by atoms with Gasteiger partial charge in [-0.15, -0.1) is 9.36 Å². The highest BCUT2D eigenvalue weighted by Crippen LogP contribution is 2.46. The van der Waals surface area contributed by atoms with Crippen LogP contribution in [-0.4, -0.2) is 81.4 Å². The number of aliphatic carboxylic acids is 1. The first kappa shape index (κ1) is 22.7. The van der Waals surface area contributed by atoms with Gasteiger partial charge in [-0.2, -0.15) is 0 Å². The number of rotatable bonds is 9. The second kappa shape index (κ2) is 8.24. The van der Waals surface area contributed by atoms with Crippen molar-refractivity contribution < 1.29 is 42.1 Å². The first-order chi connectivity index (χ1) is 14.5. The Labute approximate surface area is 177 Å². The molecule has 2 fully saturated rings. The van der Waals surface area contributed by atoms with Crippen molar-refractivity contribution in [2.45, 2.75) is 55.9 Å². The molecule has 0 bridgehead atoms. The number of β-lactam (4-membered cyclic amide) rings is 1. The molecule has 14 heteroatoms. The summed E-state index contributed by atoms with van der Waals surface area (Å²) in [4.78, 5) is 47.8. The van der Waals surface area contributed by atoms with Crippen molar-refractivity contribution in [3.63, 3.8) is 0 Å². The van der Waals surface area contributed by atoms with Crippen molar-refractivity contribution in [3.05, 3.63) is 12.4 Å². The van der Waals surface area contributed by atoms with Crippen LogP contribution in [0.2, 0.25) is 0 Å². The molecular formula is C17H24N5O8S+. The maximum Gasteiger partial charge on any atom is 0.328 e. The van der Waals surface area contributed by atoms with Crippen LogP contribution in [0.4, 0.5) is 0 Å². The maximum atomic E-state index is 12.9. The summed E-state index contributed by atoms with van der Waals surface area (Å²) in [6.07, 6.45) is 2.66. The van der Waals surface area contributed by atoms with Gasteiger partial charge in [0.15, 0.2) is 34.8 Å². The van der Waals surface area contributed by atoms with Crippen LogP contribution in [0.5, 0.6) is 0 Å². The summed E-state index contributed by atoms with van der Waals surface area (Å²) in [6, 6.07) is -1.52. The zero-order chi connectivity index (χ0) is 23.0. The van der Waals surface area contributed by atoms with Crippen LogP contribution in [0.25, 0.3) is 0 Å². The molecule has 3 rings (SSSR count). The van der Waals surface area contributed by atoms with Crippen LogP contribution in [0.15, 0.2) is 12.4 Å². The second-order valence-electron chi connectivity index (χ2n) is 7.55. The van der Waals surface area contributed by atoms with E-state index in [0.717, 1.165) is 4.90 Å². The zero-order valence-corrected chi connectivity index (χ0v) is 17.9. The third-order valence-electron chi connectivity index (χ3n) is 5.42. The summed E-state index contributed by atoms with van der Waals surface area (Å²) in [6.45, 7) is 2.84. The number of amides is 2. The Balaban J connectivity index is 1.66. The number of aromatic nitrogens is 3. The minimum atomic E-state index is -3.96. The number of nitrogens with zero attached hydrogens (tertiary/aromatic N) is 4. The Morgan fingerprint density at radius 2 is 2.13 bits per heavy atom. The molecule has 0 radical (unpaired) electrons. The lowest BCUT2D eigenvalue weighted by molar-refractivity contribution is -0.743. The summed E-state index contributed by atoms with van der Waals surface area (Å²) in [7, 11) is -3.96. The van der Waals surface area contributed by atoms with Crippen molar-refractivity contribution in [3.8, 4) is 0 Å². The largest absolute Gasteiger partial charge is 0.480 e. The predicted molar refractivity (Wildman–Crippen MR) is 101 cm³/mol.